The van der Waals surface area contributed by atoms with E-state index in [0.717, 1.165) is 5.92 Å². The number of nitrogens with zero attached hydrogens (tertiary/aromatic N) is 1. The van der Waals surface area contributed by atoms with Gasteiger partial charge in [0.25, 0.3) is 0 Å². The Morgan fingerprint density at radius 2 is 2.20 bits per heavy atom. The van der Waals surface area contributed by atoms with Crippen molar-refractivity contribution in [3.05, 3.63) is 29.8 Å². The van der Waals surface area contributed by atoms with Crippen LogP contribution in [-0.4, -0.2) is 29.6 Å². The molecule has 1 heterocycles. The lowest BCUT2D eigenvalue weighted by Gasteiger charge is -2.45. The van der Waals surface area contributed by atoms with E-state index in [1.807, 2.05) is 12.1 Å². The molecule has 0 bridgehead atoms. The summed E-state index contributed by atoms with van der Waals surface area (Å²) in [7, 11) is 0. The first kappa shape index (κ1) is 15.8. The zero-order valence-electron chi connectivity index (χ0n) is 12.3. The molecule has 2 fully saturated rings. The van der Waals surface area contributed by atoms with Gasteiger partial charge in [-0.2, -0.15) is 0 Å². The van der Waals surface area contributed by atoms with E-state index >= 15 is 0 Å². The molecule has 3 rings (SSSR count). The van der Waals surface area contributed by atoms with Crippen molar-refractivity contribution in [2.75, 3.05) is 19.6 Å². The summed E-state index contributed by atoms with van der Waals surface area (Å²) < 4.78 is 0. The molecule has 112 valence electrons. The van der Waals surface area contributed by atoms with E-state index < -0.39 is 0 Å². The summed E-state index contributed by atoms with van der Waals surface area (Å²) in [5.74, 6) is 1.21. The van der Waals surface area contributed by atoms with Gasteiger partial charge < -0.3 is 10.0 Å². The Balaban J connectivity index is 0.00000147. The topological polar surface area (TPSA) is 23.5 Å². The standard InChI is InChI=1S/C17H25NO.BrH/c1-2-10-18-11-9-17(8-4-6-15(17)13-18)14-5-3-7-16(19)12-14;/h3,5,7,12,15,19H,2,4,6,8-11,13H2,1H3;1H. The molecule has 0 spiro atoms. The fourth-order valence-corrected chi connectivity index (χ4v) is 4.36. The summed E-state index contributed by atoms with van der Waals surface area (Å²) in [5.41, 5.74) is 1.73. The summed E-state index contributed by atoms with van der Waals surface area (Å²) in [4.78, 5) is 2.64. The minimum Gasteiger partial charge on any atom is -0.508 e. The first-order chi connectivity index (χ1) is 9.24. The lowest BCUT2D eigenvalue weighted by Crippen LogP contribution is -2.47. The molecule has 0 amide bonds. The number of likely N-dealkylation sites (tertiary alicyclic amines) is 1. The molecule has 2 atom stereocenters. The molecular weight excluding hydrogens is 314 g/mol. The summed E-state index contributed by atoms with van der Waals surface area (Å²) in [6.45, 7) is 5.99. The molecule has 2 nitrogen and oxygen atoms in total. The zero-order chi connectivity index (χ0) is 13.3. The van der Waals surface area contributed by atoms with Crippen molar-refractivity contribution in [3.63, 3.8) is 0 Å². The molecule has 1 N–H and O–H groups in total. The SMILES string of the molecule is Br.CCCN1CCC2(c3cccc(O)c3)CCCC2C1. The quantitative estimate of drug-likeness (QED) is 0.895. The van der Waals surface area contributed by atoms with Crippen molar-refractivity contribution in [2.45, 2.75) is 44.4 Å². The number of phenolic OH excluding ortho intramolecular Hbond substituents is 1. The maximum Gasteiger partial charge on any atom is 0.115 e. The van der Waals surface area contributed by atoms with Gasteiger partial charge in [-0.1, -0.05) is 25.5 Å². The Hall–Kier alpha value is -0.540. The van der Waals surface area contributed by atoms with E-state index in [2.05, 4.69) is 17.9 Å². The Morgan fingerprint density at radius 1 is 1.35 bits per heavy atom. The van der Waals surface area contributed by atoms with Gasteiger partial charge in [0.05, 0.1) is 0 Å². The van der Waals surface area contributed by atoms with Gasteiger partial charge in [-0.05, 0) is 62.4 Å². The van der Waals surface area contributed by atoms with Crippen molar-refractivity contribution in [3.8, 4) is 5.75 Å². The van der Waals surface area contributed by atoms with E-state index in [1.165, 1.54) is 57.3 Å². The summed E-state index contributed by atoms with van der Waals surface area (Å²) in [6.07, 6.45) is 6.53. The van der Waals surface area contributed by atoms with E-state index in [9.17, 15) is 5.11 Å². The molecule has 2 unspecified atom stereocenters. The van der Waals surface area contributed by atoms with Crippen LogP contribution in [0.15, 0.2) is 24.3 Å². The average molecular weight is 340 g/mol. The molecule has 0 aromatic heterocycles. The fraction of sp³-hybridized carbons (Fsp3) is 0.647. The predicted octanol–water partition coefficient (Wildman–Crippen LogP) is 4.12. The minimum atomic E-state index is 0. The van der Waals surface area contributed by atoms with E-state index in [-0.39, 0.29) is 17.0 Å². The lowest BCUT2D eigenvalue weighted by molar-refractivity contribution is 0.111. The van der Waals surface area contributed by atoms with Crippen molar-refractivity contribution in [2.24, 2.45) is 5.92 Å². The number of halogens is 1. The molecule has 1 saturated heterocycles. The van der Waals surface area contributed by atoms with Crippen LogP contribution in [-0.2, 0) is 5.41 Å². The maximum atomic E-state index is 9.79. The normalized spacial score (nSPS) is 29.8. The van der Waals surface area contributed by atoms with Gasteiger partial charge in [-0.3, -0.25) is 0 Å². The van der Waals surface area contributed by atoms with Crippen LogP contribution < -0.4 is 0 Å². The van der Waals surface area contributed by atoms with Crippen LogP contribution in [0.25, 0.3) is 0 Å². The van der Waals surface area contributed by atoms with Crippen molar-refractivity contribution in [1.82, 2.24) is 4.90 Å². The average Bonchev–Trinajstić information content (AvgIpc) is 2.83. The van der Waals surface area contributed by atoms with Crippen molar-refractivity contribution in [1.29, 1.82) is 0 Å². The molecule has 20 heavy (non-hydrogen) atoms. The third kappa shape index (κ3) is 2.75. The monoisotopic (exact) mass is 339 g/mol. The van der Waals surface area contributed by atoms with Crippen LogP contribution in [0.2, 0.25) is 0 Å². The Labute approximate surface area is 133 Å². The molecule has 1 aliphatic carbocycles. The van der Waals surface area contributed by atoms with Gasteiger partial charge >= 0.3 is 0 Å². The Bertz CT molecular complexity index is 450. The third-order valence-corrected chi connectivity index (χ3v) is 5.27. The number of aromatic hydroxyl groups is 1. The van der Waals surface area contributed by atoms with Crippen LogP contribution in [0.5, 0.6) is 5.75 Å². The smallest absolute Gasteiger partial charge is 0.115 e. The van der Waals surface area contributed by atoms with Gasteiger partial charge in [-0.15, -0.1) is 17.0 Å². The fourth-order valence-electron chi connectivity index (χ4n) is 4.36. The molecule has 1 aromatic carbocycles. The van der Waals surface area contributed by atoms with Crippen LogP contribution in [0, 0.1) is 5.92 Å². The number of rotatable bonds is 3. The molecule has 0 radical (unpaired) electrons. The van der Waals surface area contributed by atoms with E-state index in [0.29, 0.717) is 11.2 Å². The molecule has 3 heteroatoms. The summed E-state index contributed by atoms with van der Waals surface area (Å²) >= 11 is 0. The highest BCUT2D eigenvalue weighted by molar-refractivity contribution is 8.93. The number of phenols is 1. The second kappa shape index (κ2) is 6.48. The second-order valence-electron chi connectivity index (χ2n) is 6.35. The van der Waals surface area contributed by atoms with E-state index in [4.69, 9.17) is 0 Å². The maximum absolute atomic E-state index is 9.79. The molecular formula is C17H26BrNO. The first-order valence-electron chi connectivity index (χ1n) is 7.76. The lowest BCUT2D eigenvalue weighted by atomic mass is 9.67. The van der Waals surface area contributed by atoms with Gasteiger partial charge in [0, 0.05) is 12.0 Å². The van der Waals surface area contributed by atoms with E-state index in [1.54, 1.807) is 6.07 Å². The van der Waals surface area contributed by atoms with Crippen molar-refractivity contribution < 1.29 is 5.11 Å². The molecule has 2 aliphatic rings. The number of hydrogen-bond donors (Lipinski definition) is 1. The van der Waals surface area contributed by atoms with Crippen LogP contribution in [0.1, 0.15) is 44.6 Å². The molecule has 1 aromatic rings. The first-order valence-corrected chi connectivity index (χ1v) is 7.76. The van der Waals surface area contributed by atoms with Crippen LogP contribution in [0.3, 0.4) is 0 Å². The highest BCUT2D eigenvalue weighted by atomic mass is 79.9. The minimum absolute atomic E-state index is 0. The largest absolute Gasteiger partial charge is 0.508 e. The number of piperidine rings is 1. The van der Waals surface area contributed by atoms with Gasteiger partial charge in [-0.25, -0.2) is 0 Å². The number of hydrogen-bond acceptors (Lipinski definition) is 2. The van der Waals surface area contributed by atoms with Gasteiger partial charge in [0.15, 0.2) is 0 Å². The Morgan fingerprint density at radius 3 is 2.95 bits per heavy atom. The van der Waals surface area contributed by atoms with Gasteiger partial charge in [0.2, 0.25) is 0 Å². The summed E-state index contributed by atoms with van der Waals surface area (Å²) in [6, 6.07) is 8.03. The zero-order valence-corrected chi connectivity index (χ0v) is 14.1. The highest BCUT2D eigenvalue weighted by Gasteiger charge is 2.46. The second-order valence-corrected chi connectivity index (χ2v) is 6.35. The highest BCUT2D eigenvalue weighted by Crippen LogP contribution is 2.51. The predicted molar refractivity (Wildman–Crippen MR) is 88.8 cm³/mol. The van der Waals surface area contributed by atoms with Gasteiger partial charge in [0.1, 0.15) is 5.75 Å². The van der Waals surface area contributed by atoms with Crippen molar-refractivity contribution >= 4 is 17.0 Å². The molecule has 1 aliphatic heterocycles. The van der Waals surface area contributed by atoms with Crippen LogP contribution >= 0.6 is 17.0 Å². The molecule has 1 saturated carbocycles. The van der Waals surface area contributed by atoms with Crippen LogP contribution in [0.4, 0.5) is 0 Å². The third-order valence-electron chi connectivity index (χ3n) is 5.27. The number of benzene rings is 1. The number of fused-ring (bicyclic) bond motifs is 1. The summed E-state index contributed by atoms with van der Waals surface area (Å²) in [5, 5.41) is 9.79. The Kier molecular flexibility index (Phi) is 5.14.